The lowest BCUT2D eigenvalue weighted by molar-refractivity contribution is -0.142. The van der Waals surface area contributed by atoms with Crippen molar-refractivity contribution in [2.45, 2.75) is 25.9 Å². The molecule has 0 radical (unpaired) electrons. The molecule has 0 bridgehead atoms. The van der Waals surface area contributed by atoms with Gasteiger partial charge in [0.1, 0.15) is 12.3 Å². The number of halogens is 1. The van der Waals surface area contributed by atoms with Crippen molar-refractivity contribution in [2.75, 3.05) is 13.2 Å². The summed E-state index contributed by atoms with van der Waals surface area (Å²) in [6.45, 7) is 2.65. The number of carboxylic acids is 1. The molecule has 0 fully saturated rings. The number of ether oxygens (including phenoxy) is 1. The normalized spacial score (nSPS) is 11.5. The van der Waals surface area contributed by atoms with Crippen LogP contribution in [0.4, 0.5) is 4.39 Å². The van der Waals surface area contributed by atoms with Crippen LogP contribution in [0.1, 0.15) is 20.3 Å². The number of carboxylic acid groups (broad SMARTS) is 1. The van der Waals surface area contributed by atoms with Gasteiger partial charge in [0.05, 0.1) is 6.61 Å². The van der Waals surface area contributed by atoms with Crippen LogP contribution in [0.5, 0.6) is 0 Å². The summed E-state index contributed by atoms with van der Waals surface area (Å²) < 4.78 is 17.3. The molecule has 0 amide bonds. The summed E-state index contributed by atoms with van der Waals surface area (Å²) in [5, 5.41) is 8.12. The largest absolute Gasteiger partial charge is 0.480 e. The van der Waals surface area contributed by atoms with Crippen LogP contribution < -0.4 is 0 Å². The highest BCUT2D eigenvalue weighted by Crippen LogP contribution is 2.12. The minimum Gasteiger partial charge on any atom is -0.480 e. The molecule has 0 aliphatic rings. The summed E-state index contributed by atoms with van der Waals surface area (Å²) >= 11 is 0. The number of hydrogen-bond acceptors (Lipinski definition) is 2. The van der Waals surface area contributed by atoms with Crippen molar-refractivity contribution in [3.8, 4) is 0 Å². The molecule has 0 spiro atoms. The maximum Gasteiger partial charge on any atom is 0.329 e. The van der Waals surface area contributed by atoms with Crippen LogP contribution in [-0.2, 0) is 9.53 Å². The van der Waals surface area contributed by atoms with Crippen LogP contribution in [0, 0.1) is 0 Å². The van der Waals surface area contributed by atoms with E-state index in [0.717, 1.165) is 0 Å². The Morgan fingerprint density at radius 2 is 2.18 bits per heavy atom. The molecule has 0 aromatic rings. The molecule has 0 saturated heterocycles. The molecular weight excluding hydrogens is 151 g/mol. The van der Waals surface area contributed by atoms with Crippen LogP contribution in [0.25, 0.3) is 0 Å². The van der Waals surface area contributed by atoms with E-state index in [1.165, 1.54) is 13.8 Å². The number of rotatable bonds is 5. The molecule has 66 valence electrons. The van der Waals surface area contributed by atoms with Gasteiger partial charge in [-0.05, 0) is 13.8 Å². The number of hydrogen-bond donors (Lipinski definition) is 1. The maximum atomic E-state index is 12.7. The lowest BCUT2D eigenvalue weighted by Gasteiger charge is -2.12. The van der Waals surface area contributed by atoms with Crippen LogP contribution in [0.2, 0.25) is 0 Å². The molecule has 1 N–H and O–H groups in total. The average Bonchev–Trinajstić information content (AvgIpc) is 1.78. The van der Waals surface area contributed by atoms with Gasteiger partial charge in [0, 0.05) is 6.42 Å². The van der Waals surface area contributed by atoms with Gasteiger partial charge in [-0.25, -0.2) is 9.18 Å². The van der Waals surface area contributed by atoms with Gasteiger partial charge in [-0.15, -0.1) is 0 Å². The fourth-order valence-electron chi connectivity index (χ4n) is 0.474. The van der Waals surface area contributed by atoms with Crippen molar-refractivity contribution in [3.05, 3.63) is 0 Å². The summed E-state index contributed by atoms with van der Waals surface area (Å²) in [6.07, 6.45) is 0.223. The van der Waals surface area contributed by atoms with E-state index in [1.807, 2.05) is 0 Å². The van der Waals surface area contributed by atoms with Gasteiger partial charge < -0.3 is 9.84 Å². The highest BCUT2D eigenvalue weighted by Gasteiger charge is 2.14. The van der Waals surface area contributed by atoms with E-state index >= 15 is 0 Å². The predicted octanol–water partition coefficient (Wildman–Crippen LogP) is 1.23. The van der Waals surface area contributed by atoms with Crippen molar-refractivity contribution in [3.63, 3.8) is 0 Å². The molecule has 0 saturated carbocycles. The highest BCUT2D eigenvalue weighted by atomic mass is 19.1. The van der Waals surface area contributed by atoms with Gasteiger partial charge in [-0.1, -0.05) is 0 Å². The third-order valence-electron chi connectivity index (χ3n) is 1.07. The summed E-state index contributed by atoms with van der Waals surface area (Å²) in [4.78, 5) is 9.91. The number of alkyl halides is 1. The molecule has 3 nitrogen and oxygen atoms in total. The van der Waals surface area contributed by atoms with E-state index in [0.29, 0.717) is 0 Å². The van der Waals surface area contributed by atoms with E-state index in [9.17, 15) is 9.18 Å². The highest BCUT2D eigenvalue weighted by molar-refractivity contribution is 5.67. The molecule has 0 heterocycles. The van der Waals surface area contributed by atoms with Crippen molar-refractivity contribution >= 4 is 5.97 Å². The van der Waals surface area contributed by atoms with Crippen LogP contribution in [-0.4, -0.2) is 30.0 Å². The van der Waals surface area contributed by atoms with Crippen LogP contribution in [0.3, 0.4) is 0 Å². The van der Waals surface area contributed by atoms with Gasteiger partial charge in [0.25, 0.3) is 0 Å². The zero-order valence-electron chi connectivity index (χ0n) is 6.76. The van der Waals surface area contributed by atoms with Crippen molar-refractivity contribution in [1.82, 2.24) is 0 Å². The fraction of sp³-hybridized carbons (Fsp3) is 0.857. The quantitative estimate of drug-likeness (QED) is 0.621. The zero-order valence-corrected chi connectivity index (χ0v) is 6.76. The summed E-state index contributed by atoms with van der Waals surface area (Å²) in [5.74, 6) is -1.03. The first-order chi connectivity index (χ1) is 4.92. The van der Waals surface area contributed by atoms with E-state index in [4.69, 9.17) is 5.11 Å². The summed E-state index contributed by atoms with van der Waals surface area (Å²) in [6, 6.07) is 0. The molecule has 11 heavy (non-hydrogen) atoms. The second-order valence-corrected chi connectivity index (χ2v) is 2.92. The van der Waals surface area contributed by atoms with Gasteiger partial charge in [-0.2, -0.15) is 0 Å². The Hall–Kier alpha value is -0.640. The topological polar surface area (TPSA) is 46.5 Å². The fourth-order valence-corrected chi connectivity index (χ4v) is 0.474. The minimum absolute atomic E-state index is 0.149. The molecule has 0 aliphatic heterocycles. The molecular formula is C7H13FO3. The Balaban J connectivity index is 3.22. The van der Waals surface area contributed by atoms with Gasteiger partial charge in [0.2, 0.25) is 0 Å². The summed E-state index contributed by atoms with van der Waals surface area (Å²) in [5.41, 5.74) is -1.28. The third-order valence-corrected chi connectivity index (χ3v) is 1.07. The van der Waals surface area contributed by atoms with Crippen molar-refractivity contribution in [2.24, 2.45) is 0 Å². The smallest absolute Gasteiger partial charge is 0.329 e. The third kappa shape index (κ3) is 9.36. The van der Waals surface area contributed by atoms with Crippen LogP contribution in [0.15, 0.2) is 0 Å². The Bertz CT molecular complexity index is 128. The maximum absolute atomic E-state index is 12.7. The predicted molar refractivity (Wildman–Crippen MR) is 38.3 cm³/mol. The van der Waals surface area contributed by atoms with Gasteiger partial charge >= 0.3 is 5.97 Å². The Morgan fingerprint density at radius 1 is 1.64 bits per heavy atom. The molecule has 0 rings (SSSR count). The second kappa shape index (κ2) is 4.28. The average molecular weight is 164 g/mol. The van der Waals surface area contributed by atoms with E-state index in [-0.39, 0.29) is 19.6 Å². The lowest BCUT2D eigenvalue weighted by Crippen LogP contribution is -2.17. The van der Waals surface area contributed by atoms with Crippen LogP contribution >= 0.6 is 0 Å². The first-order valence-corrected chi connectivity index (χ1v) is 3.40. The Morgan fingerprint density at radius 3 is 2.55 bits per heavy atom. The monoisotopic (exact) mass is 164 g/mol. The standard InChI is InChI=1S/C7H13FO3/c1-7(2,8)3-4-11-5-6(9)10/h3-5H2,1-2H3,(H,9,10). The number of aliphatic carboxylic acids is 1. The Kier molecular flexibility index (Phi) is 4.03. The molecule has 0 unspecified atom stereocenters. The molecule has 0 aliphatic carbocycles. The summed E-state index contributed by atoms with van der Waals surface area (Å²) in [7, 11) is 0. The second-order valence-electron chi connectivity index (χ2n) is 2.92. The molecule has 0 aromatic carbocycles. The first kappa shape index (κ1) is 10.4. The Labute approximate surface area is 65.2 Å². The van der Waals surface area contributed by atoms with E-state index in [1.54, 1.807) is 0 Å². The zero-order chi connectivity index (χ0) is 8.91. The minimum atomic E-state index is -1.28. The van der Waals surface area contributed by atoms with Gasteiger partial charge in [-0.3, -0.25) is 0 Å². The molecule has 0 atom stereocenters. The lowest BCUT2D eigenvalue weighted by atomic mass is 10.1. The van der Waals surface area contributed by atoms with E-state index < -0.39 is 11.6 Å². The van der Waals surface area contributed by atoms with Crippen molar-refractivity contribution < 1.29 is 19.0 Å². The van der Waals surface area contributed by atoms with E-state index in [2.05, 4.69) is 4.74 Å². The molecule has 0 aromatic heterocycles. The first-order valence-electron chi connectivity index (χ1n) is 3.40. The van der Waals surface area contributed by atoms with Crippen molar-refractivity contribution in [1.29, 1.82) is 0 Å². The van der Waals surface area contributed by atoms with Gasteiger partial charge in [0.15, 0.2) is 0 Å². The SMILES string of the molecule is CC(C)(F)CCOCC(=O)O. The molecule has 4 heteroatoms. The number of carbonyl (C=O) groups is 1.